The van der Waals surface area contributed by atoms with Gasteiger partial charge in [0.2, 0.25) is 5.91 Å². The highest BCUT2D eigenvalue weighted by molar-refractivity contribution is 7.13. The summed E-state index contributed by atoms with van der Waals surface area (Å²) >= 11 is 1.66. The Morgan fingerprint density at radius 1 is 1.23 bits per heavy atom. The van der Waals surface area contributed by atoms with Gasteiger partial charge in [0, 0.05) is 50.6 Å². The second-order valence-electron chi connectivity index (χ2n) is 7.81. The van der Waals surface area contributed by atoms with Gasteiger partial charge in [-0.1, -0.05) is 6.07 Å². The molecular formula is C22H28N6O2S. The summed E-state index contributed by atoms with van der Waals surface area (Å²) in [4.78, 5) is 24.4. The fraction of sp³-hybridized carbons (Fsp3) is 0.455. The summed E-state index contributed by atoms with van der Waals surface area (Å²) in [5, 5.41) is 9.64. The lowest BCUT2D eigenvalue weighted by Gasteiger charge is -2.35. The summed E-state index contributed by atoms with van der Waals surface area (Å²) in [6, 6.07) is 4.09. The predicted octanol–water partition coefficient (Wildman–Crippen LogP) is 2.68. The van der Waals surface area contributed by atoms with Crippen LogP contribution in [0.4, 0.5) is 0 Å². The van der Waals surface area contributed by atoms with Crippen LogP contribution in [0.2, 0.25) is 0 Å². The molecule has 0 radical (unpaired) electrons. The van der Waals surface area contributed by atoms with E-state index in [1.807, 2.05) is 22.3 Å². The number of carbonyl (C=O) groups is 1. The van der Waals surface area contributed by atoms with Crippen LogP contribution in [0.15, 0.2) is 42.3 Å². The molecule has 1 N–H and O–H groups in total. The number of hydrogen-bond acceptors (Lipinski definition) is 7. The van der Waals surface area contributed by atoms with Crippen molar-refractivity contribution in [1.29, 1.82) is 0 Å². The maximum atomic E-state index is 12.4. The third-order valence-corrected chi connectivity index (χ3v) is 6.11. The minimum Gasteiger partial charge on any atom is -0.373 e. The second kappa shape index (κ2) is 10.1. The minimum atomic E-state index is 0.0609. The Labute approximate surface area is 186 Å². The Bertz CT molecular complexity index is 965. The van der Waals surface area contributed by atoms with Crippen molar-refractivity contribution in [2.75, 3.05) is 26.2 Å². The van der Waals surface area contributed by atoms with E-state index < -0.39 is 0 Å². The molecule has 9 heteroatoms. The number of amides is 1. The van der Waals surface area contributed by atoms with E-state index in [2.05, 4.69) is 45.2 Å². The number of thiophene rings is 1. The molecule has 0 spiro atoms. The summed E-state index contributed by atoms with van der Waals surface area (Å²) in [7, 11) is 0. The Hall–Kier alpha value is -2.62. The van der Waals surface area contributed by atoms with Gasteiger partial charge in [0.1, 0.15) is 0 Å². The van der Waals surface area contributed by atoms with Crippen LogP contribution in [0.5, 0.6) is 0 Å². The van der Waals surface area contributed by atoms with Gasteiger partial charge >= 0.3 is 0 Å². The molecule has 0 saturated carbocycles. The van der Waals surface area contributed by atoms with Crippen molar-refractivity contribution < 1.29 is 9.53 Å². The zero-order valence-corrected chi connectivity index (χ0v) is 18.7. The van der Waals surface area contributed by atoms with Gasteiger partial charge < -0.3 is 10.1 Å². The number of nitrogens with one attached hydrogen (secondary N) is 1. The number of aromatic nitrogens is 4. The van der Waals surface area contributed by atoms with Crippen LogP contribution >= 0.6 is 11.3 Å². The largest absolute Gasteiger partial charge is 0.373 e. The normalized spacial score (nSPS) is 19.4. The number of ether oxygens (including phenoxy) is 1. The van der Waals surface area contributed by atoms with Crippen LogP contribution in [0, 0.1) is 0 Å². The van der Waals surface area contributed by atoms with E-state index in [0.717, 1.165) is 41.5 Å². The Morgan fingerprint density at radius 2 is 2.06 bits per heavy atom. The average Bonchev–Trinajstić information content (AvgIpc) is 3.42. The number of rotatable bonds is 8. The van der Waals surface area contributed by atoms with E-state index in [4.69, 9.17) is 4.74 Å². The predicted molar refractivity (Wildman–Crippen MR) is 121 cm³/mol. The van der Waals surface area contributed by atoms with Gasteiger partial charge in [-0.15, -0.1) is 11.3 Å². The van der Waals surface area contributed by atoms with E-state index in [-0.39, 0.29) is 18.1 Å². The summed E-state index contributed by atoms with van der Waals surface area (Å²) < 4.78 is 7.69. The second-order valence-corrected chi connectivity index (χ2v) is 8.76. The van der Waals surface area contributed by atoms with Crippen molar-refractivity contribution >= 4 is 17.2 Å². The average molecular weight is 441 g/mol. The van der Waals surface area contributed by atoms with Gasteiger partial charge in [-0.25, -0.2) is 0 Å². The molecule has 2 atom stereocenters. The lowest BCUT2D eigenvalue weighted by molar-refractivity contribution is -0.122. The minimum absolute atomic E-state index is 0.0609. The SMILES string of the molecule is C[C@@H]1CN(CCC(=O)NCCn2ncc(-c3cnccn3)c2-c2cccs2)C[C@@H](C)O1. The molecule has 1 amide bonds. The molecule has 3 aromatic heterocycles. The summed E-state index contributed by atoms with van der Waals surface area (Å²) in [6.07, 6.45) is 7.82. The van der Waals surface area contributed by atoms with Crippen LogP contribution in [0.25, 0.3) is 21.8 Å². The van der Waals surface area contributed by atoms with Crippen LogP contribution in [0.3, 0.4) is 0 Å². The van der Waals surface area contributed by atoms with Gasteiger partial charge in [0.05, 0.1) is 47.4 Å². The summed E-state index contributed by atoms with van der Waals surface area (Å²) in [6.45, 7) is 7.77. The molecule has 0 bridgehead atoms. The first kappa shape index (κ1) is 21.6. The third-order valence-electron chi connectivity index (χ3n) is 5.23. The Morgan fingerprint density at radius 3 is 2.77 bits per heavy atom. The smallest absolute Gasteiger partial charge is 0.221 e. The van der Waals surface area contributed by atoms with E-state index in [9.17, 15) is 4.79 Å². The highest BCUT2D eigenvalue weighted by Crippen LogP contribution is 2.33. The van der Waals surface area contributed by atoms with Crippen molar-refractivity contribution in [1.82, 2.24) is 30.0 Å². The first-order chi connectivity index (χ1) is 15.1. The van der Waals surface area contributed by atoms with E-state index in [1.54, 1.807) is 29.9 Å². The van der Waals surface area contributed by atoms with Gasteiger partial charge in [-0.05, 0) is 25.3 Å². The van der Waals surface area contributed by atoms with E-state index in [1.165, 1.54) is 0 Å². The lowest BCUT2D eigenvalue weighted by Crippen LogP contribution is -2.46. The third kappa shape index (κ3) is 5.55. The molecule has 0 aliphatic carbocycles. The zero-order valence-electron chi connectivity index (χ0n) is 17.9. The Balaban J connectivity index is 1.34. The topological polar surface area (TPSA) is 85.2 Å². The molecule has 0 unspecified atom stereocenters. The highest BCUT2D eigenvalue weighted by Gasteiger charge is 2.22. The molecular weight excluding hydrogens is 412 g/mol. The number of hydrogen-bond donors (Lipinski definition) is 1. The number of carbonyl (C=O) groups excluding carboxylic acids is 1. The fourth-order valence-electron chi connectivity index (χ4n) is 3.97. The van der Waals surface area contributed by atoms with Gasteiger partial charge in [-0.3, -0.25) is 24.3 Å². The molecule has 1 aliphatic heterocycles. The number of nitrogens with zero attached hydrogens (tertiary/aromatic N) is 5. The summed E-state index contributed by atoms with van der Waals surface area (Å²) in [5.41, 5.74) is 2.73. The first-order valence-corrected chi connectivity index (χ1v) is 11.5. The van der Waals surface area contributed by atoms with Crippen LogP contribution in [-0.4, -0.2) is 68.9 Å². The molecule has 3 aromatic rings. The van der Waals surface area contributed by atoms with E-state index in [0.29, 0.717) is 19.5 Å². The fourth-order valence-corrected chi connectivity index (χ4v) is 4.76. The van der Waals surface area contributed by atoms with Gasteiger partial charge in [0.25, 0.3) is 0 Å². The highest BCUT2D eigenvalue weighted by atomic mass is 32.1. The van der Waals surface area contributed by atoms with Crippen LogP contribution in [-0.2, 0) is 16.1 Å². The van der Waals surface area contributed by atoms with Crippen LogP contribution < -0.4 is 5.32 Å². The standard InChI is InChI=1S/C22H28N6O2S/c1-16-14-27(15-17(2)30-16)9-5-21(29)25-8-10-28-22(20-4-3-11-31-20)18(12-26-28)19-13-23-6-7-24-19/h3-4,6-7,11-13,16-17H,5,8-10,14-15H2,1-2H3,(H,25,29)/t16-,17-/m1/s1. The molecule has 4 heterocycles. The Kier molecular flexibility index (Phi) is 7.06. The molecule has 4 rings (SSSR count). The molecule has 1 saturated heterocycles. The van der Waals surface area contributed by atoms with Crippen molar-refractivity contribution in [3.05, 3.63) is 42.3 Å². The lowest BCUT2D eigenvalue weighted by atomic mass is 10.1. The van der Waals surface area contributed by atoms with E-state index >= 15 is 0 Å². The summed E-state index contributed by atoms with van der Waals surface area (Å²) in [5.74, 6) is 0.0609. The molecule has 164 valence electrons. The zero-order chi connectivity index (χ0) is 21.6. The maximum absolute atomic E-state index is 12.4. The quantitative estimate of drug-likeness (QED) is 0.580. The van der Waals surface area contributed by atoms with Gasteiger partial charge in [-0.2, -0.15) is 5.10 Å². The monoisotopic (exact) mass is 440 g/mol. The van der Waals surface area contributed by atoms with Crippen molar-refractivity contribution in [2.45, 2.75) is 39.0 Å². The van der Waals surface area contributed by atoms with Crippen molar-refractivity contribution in [3.8, 4) is 21.8 Å². The molecule has 0 aromatic carbocycles. The van der Waals surface area contributed by atoms with Crippen molar-refractivity contribution in [2.24, 2.45) is 0 Å². The maximum Gasteiger partial charge on any atom is 0.221 e. The molecule has 8 nitrogen and oxygen atoms in total. The van der Waals surface area contributed by atoms with Crippen molar-refractivity contribution in [3.63, 3.8) is 0 Å². The van der Waals surface area contributed by atoms with Gasteiger partial charge in [0.15, 0.2) is 0 Å². The first-order valence-electron chi connectivity index (χ1n) is 10.6. The molecule has 1 aliphatic rings. The molecule has 1 fully saturated rings. The van der Waals surface area contributed by atoms with Crippen LogP contribution in [0.1, 0.15) is 20.3 Å². The number of morpholine rings is 1. The molecule has 31 heavy (non-hydrogen) atoms.